The third kappa shape index (κ3) is 3.15. The highest BCUT2D eigenvalue weighted by Crippen LogP contribution is 2.41. The summed E-state index contributed by atoms with van der Waals surface area (Å²) >= 11 is 1.88. The van der Waals surface area contributed by atoms with Gasteiger partial charge in [0.2, 0.25) is 0 Å². The monoisotopic (exact) mass is 486 g/mol. The molecule has 1 heterocycles. The summed E-state index contributed by atoms with van der Waals surface area (Å²) in [6, 6.07) is 49.0. The number of thiophene rings is 1. The highest BCUT2D eigenvalue weighted by atomic mass is 32.1. The minimum atomic E-state index is 1.25. The lowest BCUT2D eigenvalue weighted by molar-refractivity contribution is 1.62. The number of fused-ring (bicyclic) bond motifs is 9. The molecular weight excluding hydrogens is 464 g/mol. The summed E-state index contributed by atoms with van der Waals surface area (Å²) in [6.07, 6.45) is 0. The van der Waals surface area contributed by atoms with E-state index in [4.69, 9.17) is 0 Å². The van der Waals surface area contributed by atoms with Crippen molar-refractivity contribution in [1.29, 1.82) is 0 Å². The van der Waals surface area contributed by atoms with Crippen LogP contribution in [0.2, 0.25) is 0 Å². The average molecular weight is 487 g/mol. The van der Waals surface area contributed by atoms with Crippen molar-refractivity contribution in [2.45, 2.75) is 0 Å². The van der Waals surface area contributed by atoms with Crippen LogP contribution in [0.15, 0.2) is 133 Å². The molecule has 0 aliphatic heterocycles. The summed E-state index contributed by atoms with van der Waals surface area (Å²) < 4.78 is 2.68. The van der Waals surface area contributed by atoms with Gasteiger partial charge in [-0.15, -0.1) is 11.3 Å². The first-order chi connectivity index (χ1) is 18.3. The molecule has 8 aromatic rings. The summed E-state index contributed by atoms with van der Waals surface area (Å²) in [6.45, 7) is 0. The third-order valence-electron chi connectivity index (χ3n) is 7.67. The van der Waals surface area contributed by atoms with E-state index in [2.05, 4.69) is 133 Å². The van der Waals surface area contributed by atoms with E-state index in [-0.39, 0.29) is 0 Å². The van der Waals surface area contributed by atoms with E-state index in [0.29, 0.717) is 0 Å². The molecule has 37 heavy (non-hydrogen) atoms. The van der Waals surface area contributed by atoms with Gasteiger partial charge in [0, 0.05) is 20.2 Å². The van der Waals surface area contributed by atoms with Crippen molar-refractivity contribution in [2.24, 2.45) is 0 Å². The number of benzene rings is 7. The second-order valence-corrected chi connectivity index (χ2v) is 10.8. The molecule has 1 heteroatoms. The molecule has 0 fully saturated rings. The molecule has 0 spiro atoms. The average Bonchev–Trinajstić information content (AvgIpc) is 3.35. The normalized spacial score (nSPS) is 11.8. The molecule has 1 aromatic heterocycles. The summed E-state index contributed by atoms with van der Waals surface area (Å²) in [7, 11) is 0. The van der Waals surface area contributed by atoms with Gasteiger partial charge in [-0.05, 0) is 72.8 Å². The number of rotatable bonds is 2. The Labute approximate surface area is 219 Å². The van der Waals surface area contributed by atoms with Crippen LogP contribution in [0.3, 0.4) is 0 Å². The summed E-state index contributed by atoms with van der Waals surface area (Å²) in [5, 5.41) is 10.5. The summed E-state index contributed by atoms with van der Waals surface area (Å²) in [5.41, 5.74) is 5.05. The maximum atomic E-state index is 2.39. The Bertz CT molecular complexity index is 2110. The molecule has 0 amide bonds. The molecule has 0 aliphatic rings. The minimum Gasteiger partial charge on any atom is -0.135 e. The second kappa shape index (κ2) is 8.03. The number of hydrogen-bond acceptors (Lipinski definition) is 1. The molecule has 0 unspecified atom stereocenters. The Morgan fingerprint density at radius 1 is 0.297 bits per heavy atom. The topological polar surface area (TPSA) is 0 Å². The second-order valence-electron chi connectivity index (χ2n) is 9.71. The Kier molecular flexibility index (Phi) is 4.49. The van der Waals surface area contributed by atoms with Gasteiger partial charge in [-0.2, -0.15) is 0 Å². The predicted molar refractivity (Wildman–Crippen MR) is 163 cm³/mol. The van der Waals surface area contributed by atoms with Crippen LogP contribution in [0.25, 0.3) is 74.7 Å². The van der Waals surface area contributed by atoms with E-state index in [1.54, 1.807) is 0 Å². The molecule has 0 bridgehead atoms. The van der Waals surface area contributed by atoms with E-state index in [1.807, 2.05) is 11.3 Å². The SMILES string of the molecule is c1ccc(-c2ccc3c4ccccc4c4ccccc4c3c2)c(-c2ccc3c(c2)sc2ccccc23)c1. The van der Waals surface area contributed by atoms with Gasteiger partial charge in [0.25, 0.3) is 0 Å². The molecule has 0 radical (unpaired) electrons. The Balaban J connectivity index is 1.37. The molecule has 0 nitrogen and oxygen atoms in total. The van der Waals surface area contributed by atoms with Crippen molar-refractivity contribution in [2.75, 3.05) is 0 Å². The van der Waals surface area contributed by atoms with Crippen molar-refractivity contribution in [1.82, 2.24) is 0 Å². The zero-order chi connectivity index (χ0) is 24.3. The van der Waals surface area contributed by atoms with E-state index >= 15 is 0 Å². The predicted octanol–water partition coefficient (Wildman–Crippen LogP) is 10.8. The fraction of sp³-hybridized carbons (Fsp3) is 0. The maximum absolute atomic E-state index is 2.39. The summed E-state index contributed by atoms with van der Waals surface area (Å²) in [5.74, 6) is 0. The van der Waals surface area contributed by atoms with Gasteiger partial charge in [0.15, 0.2) is 0 Å². The molecule has 0 aliphatic carbocycles. The first kappa shape index (κ1) is 20.7. The zero-order valence-electron chi connectivity index (χ0n) is 20.1. The molecule has 0 saturated heterocycles. The maximum Gasteiger partial charge on any atom is 0.0361 e. The van der Waals surface area contributed by atoms with Crippen molar-refractivity contribution in [3.05, 3.63) is 133 Å². The number of hydrogen-bond donors (Lipinski definition) is 0. The van der Waals surface area contributed by atoms with Gasteiger partial charge in [-0.3, -0.25) is 0 Å². The molecule has 0 atom stereocenters. The Hall–Kier alpha value is -4.46. The van der Waals surface area contributed by atoms with Crippen molar-refractivity contribution < 1.29 is 0 Å². The Morgan fingerprint density at radius 3 is 1.38 bits per heavy atom. The largest absolute Gasteiger partial charge is 0.135 e. The third-order valence-corrected chi connectivity index (χ3v) is 8.81. The van der Waals surface area contributed by atoms with Gasteiger partial charge in [0.05, 0.1) is 0 Å². The smallest absolute Gasteiger partial charge is 0.0361 e. The lowest BCUT2D eigenvalue weighted by Crippen LogP contribution is -1.87. The Morgan fingerprint density at radius 2 is 0.730 bits per heavy atom. The van der Waals surface area contributed by atoms with Crippen molar-refractivity contribution >= 4 is 63.8 Å². The van der Waals surface area contributed by atoms with Crippen LogP contribution in [0, 0.1) is 0 Å². The van der Waals surface area contributed by atoms with Gasteiger partial charge in [-0.25, -0.2) is 0 Å². The summed E-state index contributed by atoms with van der Waals surface area (Å²) in [4.78, 5) is 0. The van der Waals surface area contributed by atoms with Crippen LogP contribution in [0.5, 0.6) is 0 Å². The fourth-order valence-corrected chi connectivity index (χ4v) is 7.10. The first-order valence-electron chi connectivity index (χ1n) is 12.7. The molecule has 7 aromatic carbocycles. The minimum absolute atomic E-state index is 1.25. The molecule has 8 rings (SSSR count). The van der Waals surface area contributed by atoms with Crippen LogP contribution in [-0.4, -0.2) is 0 Å². The fourth-order valence-electron chi connectivity index (χ4n) is 5.96. The lowest BCUT2D eigenvalue weighted by atomic mass is 9.90. The van der Waals surface area contributed by atoms with Gasteiger partial charge in [0.1, 0.15) is 0 Å². The first-order valence-corrected chi connectivity index (χ1v) is 13.5. The van der Waals surface area contributed by atoms with Crippen LogP contribution in [0.4, 0.5) is 0 Å². The lowest BCUT2D eigenvalue weighted by Gasteiger charge is -2.14. The molecule has 172 valence electrons. The van der Waals surface area contributed by atoms with Crippen LogP contribution in [0.1, 0.15) is 0 Å². The van der Waals surface area contributed by atoms with Gasteiger partial charge < -0.3 is 0 Å². The zero-order valence-corrected chi connectivity index (χ0v) is 20.9. The quantitative estimate of drug-likeness (QED) is 0.213. The molecule has 0 saturated carbocycles. The van der Waals surface area contributed by atoms with Crippen molar-refractivity contribution in [3.63, 3.8) is 0 Å². The van der Waals surface area contributed by atoms with E-state index in [9.17, 15) is 0 Å². The molecule has 0 N–H and O–H groups in total. The van der Waals surface area contributed by atoms with Crippen LogP contribution in [-0.2, 0) is 0 Å². The standard InChI is InChI=1S/C36H22S/c1-2-10-26(24-18-20-33-32-15-7-8-16-35(32)37-36(33)22-24)25(9-1)23-17-19-31-29-13-4-3-11-27(29)28-12-5-6-14-30(28)34(31)21-23/h1-22H. The highest BCUT2D eigenvalue weighted by Gasteiger charge is 2.13. The van der Waals surface area contributed by atoms with Crippen LogP contribution < -0.4 is 0 Å². The van der Waals surface area contributed by atoms with Gasteiger partial charge in [-0.1, -0.05) is 115 Å². The van der Waals surface area contributed by atoms with Gasteiger partial charge >= 0.3 is 0 Å². The van der Waals surface area contributed by atoms with E-state index in [1.165, 1.54) is 74.7 Å². The van der Waals surface area contributed by atoms with E-state index < -0.39 is 0 Å². The van der Waals surface area contributed by atoms with Crippen molar-refractivity contribution in [3.8, 4) is 22.3 Å². The van der Waals surface area contributed by atoms with E-state index in [0.717, 1.165) is 0 Å². The molecular formula is C36H22S. The van der Waals surface area contributed by atoms with Crippen LogP contribution >= 0.6 is 11.3 Å². The highest BCUT2D eigenvalue weighted by molar-refractivity contribution is 7.25.